The largest absolute Gasteiger partial charge is 0.414 e. The second-order valence-electron chi connectivity index (χ2n) is 4.75. The molecule has 1 N–H and O–H groups in total. The van der Waals surface area contributed by atoms with Crippen molar-refractivity contribution in [2.24, 2.45) is 0 Å². The molecule has 0 aliphatic carbocycles. The fourth-order valence-electron chi connectivity index (χ4n) is 1.96. The van der Waals surface area contributed by atoms with Crippen molar-refractivity contribution in [2.45, 2.75) is 19.5 Å². The van der Waals surface area contributed by atoms with Crippen LogP contribution in [0.15, 0.2) is 39.4 Å². The Kier molecular flexibility index (Phi) is 3.95. The van der Waals surface area contributed by atoms with Gasteiger partial charge in [0.25, 0.3) is 11.8 Å². The second-order valence-corrected chi connectivity index (χ2v) is 6.73. The molecule has 3 aromatic rings. The third kappa shape index (κ3) is 2.82. The van der Waals surface area contributed by atoms with Crippen LogP contribution >= 0.6 is 22.7 Å². The zero-order valence-corrected chi connectivity index (χ0v) is 13.0. The SMILES string of the molecule is C[C@@H](c1nnc(-c2cccs2)o1)[NH+](C)Cc1cccs1. The number of rotatable bonds is 5. The number of quaternary nitrogens is 1. The van der Waals surface area contributed by atoms with Gasteiger partial charge in [0.05, 0.1) is 16.8 Å². The first-order valence-corrected chi connectivity index (χ1v) is 8.22. The summed E-state index contributed by atoms with van der Waals surface area (Å²) >= 11 is 3.39. The lowest BCUT2D eigenvalue weighted by Gasteiger charge is -2.17. The minimum Gasteiger partial charge on any atom is -0.414 e. The molecular weight excluding hydrogens is 290 g/mol. The third-order valence-electron chi connectivity index (χ3n) is 3.32. The number of thiophene rings is 2. The molecule has 3 heterocycles. The van der Waals surface area contributed by atoms with Crippen LogP contribution in [0.5, 0.6) is 0 Å². The molecule has 1 unspecified atom stereocenters. The van der Waals surface area contributed by atoms with Crippen LogP contribution in [-0.4, -0.2) is 17.2 Å². The highest BCUT2D eigenvalue weighted by molar-refractivity contribution is 7.13. The molecule has 0 spiro atoms. The average molecular weight is 306 g/mol. The molecule has 20 heavy (non-hydrogen) atoms. The smallest absolute Gasteiger partial charge is 0.274 e. The Morgan fingerprint density at radius 2 is 2.00 bits per heavy atom. The van der Waals surface area contributed by atoms with E-state index in [9.17, 15) is 0 Å². The van der Waals surface area contributed by atoms with Gasteiger partial charge in [0.1, 0.15) is 6.54 Å². The zero-order chi connectivity index (χ0) is 13.9. The zero-order valence-electron chi connectivity index (χ0n) is 11.4. The van der Waals surface area contributed by atoms with E-state index in [0.29, 0.717) is 11.8 Å². The van der Waals surface area contributed by atoms with E-state index in [4.69, 9.17) is 4.42 Å². The van der Waals surface area contributed by atoms with Crippen molar-refractivity contribution in [1.82, 2.24) is 10.2 Å². The summed E-state index contributed by atoms with van der Waals surface area (Å²) in [4.78, 5) is 3.73. The van der Waals surface area contributed by atoms with E-state index in [2.05, 4.69) is 41.7 Å². The van der Waals surface area contributed by atoms with E-state index < -0.39 is 0 Å². The molecule has 0 aliphatic rings. The molecule has 0 aromatic carbocycles. The molecule has 3 aromatic heterocycles. The van der Waals surface area contributed by atoms with Crippen LogP contribution in [0.25, 0.3) is 10.8 Å². The van der Waals surface area contributed by atoms with Gasteiger partial charge in [-0.1, -0.05) is 12.1 Å². The average Bonchev–Trinajstić information content (AvgIpc) is 3.18. The van der Waals surface area contributed by atoms with Gasteiger partial charge in [-0.25, -0.2) is 0 Å². The van der Waals surface area contributed by atoms with Crippen molar-refractivity contribution >= 4 is 22.7 Å². The lowest BCUT2D eigenvalue weighted by molar-refractivity contribution is -0.925. The molecule has 0 saturated carbocycles. The van der Waals surface area contributed by atoms with Crippen LogP contribution in [-0.2, 0) is 6.54 Å². The minimum absolute atomic E-state index is 0.179. The van der Waals surface area contributed by atoms with Gasteiger partial charge in [-0.15, -0.1) is 32.9 Å². The highest BCUT2D eigenvalue weighted by atomic mass is 32.1. The van der Waals surface area contributed by atoms with Gasteiger partial charge in [-0.3, -0.25) is 0 Å². The summed E-state index contributed by atoms with van der Waals surface area (Å²) in [5.41, 5.74) is 0. The van der Waals surface area contributed by atoms with Crippen molar-refractivity contribution in [3.63, 3.8) is 0 Å². The van der Waals surface area contributed by atoms with Crippen molar-refractivity contribution < 1.29 is 9.32 Å². The lowest BCUT2D eigenvalue weighted by Crippen LogP contribution is -3.07. The van der Waals surface area contributed by atoms with Crippen molar-refractivity contribution in [1.29, 1.82) is 0 Å². The molecule has 3 rings (SSSR count). The molecule has 0 aliphatic heterocycles. The van der Waals surface area contributed by atoms with Crippen molar-refractivity contribution in [3.05, 3.63) is 45.8 Å². The maximum absolute atomic E-state index is 5.80. The molecule has 0 amide bonds. The van der Waals surface area contributed by atoms with E-state index >= 15 is 0 Å². The van der Waals surface area contributed by atoms with Crippen LogP contribution in [0.4, 0.5) is 0 Å². The number of nitrogens with one attached hydrogen (secondary N) is 1. The van der Waals surface area contributed by atoms with Gasteiger partial charge < -0.3 is 9.32 Å². The Labute approximate surface area is 125 Å². The van der Waals surface area contributed by atoms with Crippen molar-refractivity contribution in [2.75, 3.05) is 7.05 Å². The quantitative estimate of drug-likeness (QED) is 0.788. The number of nitrogens with zero attached hydrogens (tertiary/aromatic N) is 2. The standard InChI is InChI=1S/C14H15N3OS2/c1-10(17(2)9-11-5-3-7-19-11)13-15-16-14(18-13)12-6-4-8-20-12/h3-8,10H,9H2,1-2H3/p+1/t10-/m0/s1. The van der Waals surface area contributed by atoms with Crippen LogP contribution in [0.3, 0.4) is 0 Å². The molecule has 2 atom stereocenters. The maximum Gasteiger partial charge on any atom is 0.274 e. The molecule has 0 fully saturated rings. The first-order chi connectivity index (χ1) is 9.74. The summed E-state index contributed by atoms with van der Waals surface area (Å²) in [6, 6.07) is 8.40. The van der Waals surface area contributed by atoms with Crippen LogP contribution in [0, 0.1) is 0 Å². The number of hydrogen-bond donors (Lipinski definition) is 1. The van der Waals surface area contributed by atoms with Crippen molar-refractivity contribution in [3.8, 4) is 10.8 Å². The molecule has 6 heteroatoms. The van der Waals surface area contributed by atoms with E-state index in [1.54, 1.807) is 22.7 Å². The fourth-order valence-corrected chi connectivity index (χ4v) is 3.41. The van der Waals surface area contributed by atoms with Crippen LogP contribution in [0.2, 0.25) is 0 Å². The molecule has 0 radical (unpaired) electrons. The highest BCUT2D eigenvalue weighted by Crippen LogP contribution is 2.24. The Hall–Kier alpha value is -1.50. The predicted molar refractivity (Wildman–Crippen MR) is 80.9 cm³/mol. The molecule has 104 valence electrons. The number of hydrogen-bond acceptors (Lipinski definition) is 5. The first kappa shape index (κ1) is 13.5. The number of aromatic nitrogens is 2. The Morgan fingerprint density at radius 1 is 1.20 bits per heavy atom. The third-order valence-corrected chi connectivity index (χ3v) is 5.05. The van der Waals surface area contributed by atoms with Crippen LogP contribution < -0.4 is 4.90 Å². The Balaban J connectivity index is 1.72. The summed E-state index contributed by atoms with van der Waals surface area (Å²) in [5, 5.41) is 12.5. The van der Waals surface area contributed by atoms with E-state index in [-0.39, 0.29) is 6.04 Å². The second kappa shape index (κ2) is 5.87. The molecule has 0 saturated heterocycles. The van der Waals surface area contributed by atoms with Gasteiger partial charge in [0, 0.05) is 0 Å². The molecular formula is C14H16N3OS2+. The topological polar surface area (TPSA) is 43.4 Å². The Morgan fingerprint density at radius 3 is 2.70 bits per heavy atom. The molecule has 4 nitrogen and oxygen atoms in total. The normalized spacial score (nSPS) is 14.3. The van der Waals surface area contributed by atoms with Crippen LogP contribution in [0.1, 0.15) is 23.7 Å². The summed E-state index contributed by atoms with van der Waals surface area (Å²) in [5.74, 6) is 1.31. The predicted octanol–water partition coefficient (Wildman–Crippen LogP) is 2.64. The van der Waals surface area contributed by atoms with Gasteiger partial charge >= 0.3 is 0 Å². The lowest BCUT2D eigenvalue weighted by atomic mass is 10.3. The van der Waals surface area contributed by atoms with Gasteiger partial charge in [0.2, 0.25) is 0 Å². The summed E-state index contributed by atoms with van der Waals surface area (Å²) < 4.78 is 5.80. The molecule has 0 bridgehead atoms. The highest BCUT2D eigenvalue weighted by Gasteiger charge is 2.23. The maximum atomic E-state index is 5.80. The van der Waals surface area contributed by atoms with Gasteiger partial charge in [-0.2, -0.15) is 0 Å². The summed E-state index contributed by atoms with van der Waals surface area (Å²) in [6.45, 7) is 3.09. The van der Waals surface area contributed by atoms with E-state index in [1.165, 1.54) is 9.78 Å². The summed E-state index contributed by atoms with van der Waals surface area (Å²) in [6.07, 6.45) is 0. The van der Waals surface area contributed by atoms with E-state index in [0.717, 1.165) is 11.4 Å². The first-order valence-electron chi connectivity index (χ1n) is 6.46. The monoisotopic (exact) mass is 306 g/mol. The summed E-state index contributed by atoms with van der Waals surface area (Å²) in [7, 11) is 2.15. The van der Waals surface area contributed by atoms with Gasteiger partial charge in [0.15, 0.2) is 6.04 Å². The minimum atomic E-state index is 0.179. The van der Waals surface area contributed by atoms with E-state index in [1.807, 2.05) is 17.5 Å². The fraction of sp³-hybridized carbons (Fsp3) is 0.286. The Bertz CT molecular complexity index is 646. The van der Waals surface area contributed by atoms with Gasteiger partial charge in [-0.05, 0) is 29.8 Å².